The van der Waals surface area contributed by atoms with E-state index in [1.165, 1.54) is 19.1 Å². The van der Waals surface area contributed by atoms with Crippen LogP contribution in [0.1, 0.15) is 36.7 Å². The van der Waals surface area contributed by atoms with Crippen molar-refractivity contribution in [3.8, 4) is 5.75 Å². The fourth-order valence-electron chi connectivity index (χ4n) is 2.54. The Bertz CT molecular complexity index is 879. The van der Waals surface area contributed by atoms with Crippen LogP contribution in [0.3, 0.4) is 0 Å². The summed E-state index contributed by atoms with van der Waals surface area (Å²) >= 11 is 0. The van der Waals surface area contributed by atoms with Gasteiger partial charge in [-0.15, -0.1) is 0 Å². The molecule has 0 aromatic heterocycles. The van der Waals surface area contributed by atoms with Gasteiger partial charge in [0, 0.05) is 13.1 Å². The molecule has 0 saturated heterocycles. The van der Waals surface area contributed by atoms with Crippen LogP contribution in [0.15, 0.2) is 48.5 Å². The molecule has 0 spiro atoms. The van der Waals surface area contributed by atoms with Crippen molar-refractivity contribution in [2.24, 2.45) is 5.92 Å². The summed E-state index contributed by atoms with van der Waals surface area (Å²) in [5, 5.41) is 0. The minimum absolute atomic E-state index is 0.0344. The first-order chi connectivity index (χ1) is 12.7. The molecule has 146 valence electrons. The number of hydrogen-bond donors (Lipinski definition) is 0. The molecular formula is C20H24FNO4S. The summed E-state index contributed by atoms with van der Waals surface area (Å²) in [6, 6.07) is 12.4. The highest BCUT2D eigenvalue weighted by Crippen LogP contribution is 2.18. The SMILES string of the molecule is CCS(=O)(=O)Oc1ccc(CN(CC(C)C)C(=O)c2ccccc2F)cc1. The van der Waals surface area contributed by atoms with Crippen molar-refractivity contribution in [1.82, 2.24) is 4.90 Å². The quantitative estimate of drug-likeness (QED) is 0.639. The van der Waals surface area contributed by atoms with Gasteiger partial charge in [0.25, 0.3) is 5.91 Å². The average molecular weight is 393 g/mol. The van der Waals surface area contributed by atoms with Crippen molar-refractivity contribution in [2.45, 2.75) is 27.3 Å². The van der Waals surface area contributed by atoms with Crippen LogP contribution in [-0.4, -0.2) is 31.5 Å². The van der Waals surface area contributed by atoms with Gasteiger partial charge < -0.3 is 9.08 Å². The molecule has 1 amide bonds. The van der Waals surface area contributed by atoms with Gasteiger partial charge in [-0.05, 0) is 42.7 Å². The van der Waals surface area contributed by atoms with Gasteiger partial charge in [0.05, 0.1) is 11.3 Å². The number of hydrogen-bond acceptors (Lipinski definition) is 4. The summed E-state index contributed by atoms with van der Waals surface area (Å²) in [4.78, 5) is 14.4. The third kappa shape index (κ3) is 6.06. The van der Waals surface area contributed by atoms with Crippen molar-refractivity contribution in [1.29, 1.82) is 0 Å². The third-order valence-corrected chi connectivity index (χ3v) is 5.00. The standard InChI is InChI=1S/C20H24FNO4S/c1-4-27(24,25)26-17-11-9-16(10-12-17)14-22(13-15(2)3)20(23)18-7-5-6-8-19(18)21/h5-12,15H,4,13-14H2,1-3H3. The highest BCUT2D eigenvalue weighted by atomic mass is 32.2. The van der Waals surface area contributed by atoms with E-state index < -0.39 is 15.9 Å². The zero-order valence-corrected chi connectivity index (χ0v) is 16.5. The molecule has 0 atom stereocenters. The van der Waals surface area contributed by atoms with Gasteiger partial charge in [-0.2, -0.15) is 8.42 Å². The van der Waals surface area contributed by atoms with Crippen LogP contribution in [0, 0.1) is 11.7 Å². The number of amides is 1. The molecule has 0 unspecified atom stereocenters. The lowest BCUT2D eigenvalue weighted by molar-refractivity contribution is 0.0718. The van der Waals surface area contributed by atoms with E-state index in [-0.39, 0.29) is 35.4 Å². The topological polar surface area (TPSA) is 63.7 Å². The van der Waals surface area contributed by atoms with E-state index in [4.69, 9.17) is 4.18 Å². The summed E-state index contributed by atoms with van der Waals surface area (Å²) in [5.74, 6) is -0.622. The number of benzene rings is 2. The number of carbonyl (C=O) groups is 1. The van der Waals surface area contributed by atoms with Crippen molar-refractivity contribution in [3.05, 3.63) is 65.5 Å². The Morgan fingerprint density at radius 2 is 1.74 bits per heavy atom. The second kappa shape index (κ2) is 8.99. The van der Waals surface area contributed by atoms with Crippen LogP contribution >= 0.6 is 0 Å². The van der Waals surface area contributed by atoms with E-state index in [1.54, 1.807) is 41.3 Å². The van der Waals surface area contributed by atoms with Crippen molar-refractivity contribution in [2.75, 3.05) is 12.3 Å². The lowest BCUT2D eigenvalue weighted by Crippen LogP contribution is -2.34. The van der Waals surface area contributed by atoms with Gasteiger partial charge in [0.2, 0.25) is 0 Å². The number of carbonyl (C=O) groups excluding carboxylic acids is 1. The van der Waals surface area contributed by atoms with Gasteiger partial charge in [-0.3, -0.25) is 4.79 Å². The van der Waals surface area contributed by atoms with E-state index >= 15 is 0 Å². The van der Waals surface area contributed by atoms with E-state index in [0.717, 1.165) is 5.56 Å². The zero-order valence-electron chi connectivity index (χ0n) is 15.7. The largest absolute Gasteiger partial charge is 0.382 e. The van der Waals surface area contributed by atoms with Gasteiger partial charge in [-0.1, -0.05) is 38.1 Å². The first-order valence-corrected chi connectivity index (χ1v) is 10.3. The maximum Gasteiger partial charge on any atom is 0.308 e. The van der Waals surface area contributed by atoms with Crippen LogP contribution in [-0.2, 0) is 16.7 Å². The first kappa shape index (κ1) is 20.9. The third-order valence-electron chi connectivity index (χ3n) is 3.85. The average Bonchev–Trinajstić information content (AvgIpc) is 2.62. The van der Waals surface area contributed by atoms with E-state index in [9.17, 15) is 17.6 Å². The highest BCUT2D eigenvalue weighted by molar-refractivity contribution is 7.87. The van der Waals surface area contributed by atoms with E-state index in [0.29, 0.717) is 6.54 Å². The first-order valence-electron chi connectivity index (χ1n) is 8.76. The molecule has 27 heavy (non-hydrogen) atoms. The number of rotatable bonds is 8. The molecule has 0 heterocycles. The van der Waals surface area contributed by atoms with E-state index in [1.807, 2.05) is 13.8 Å². The minimum atomic E-state index is -3.58. The Morgan fingerprint density at radius 1 is 1.11 bits per heavy atom. The Morgan fingerprint density at radius 3 is 2.30 bits per heavy atom. The summed E-state index contributed by atoms with van der Waals surface area (Å²) in [7, 11) is -3.58. The normalized spacial score (nSPS) is 11.4. The lowest BCUT2D eigenvalue weighted by Gasteiger charge is -2.25. The molecular weight excluding hydrogens is 369 g/mol. The summed E-state index contributed by atoms with van der Waals surface area (Å²) in [5.41, 5.74) is 0.828. The van der Waals surface area contributed by atoms with E-state index in [2.05, 4.69) is 0 Å². The molecule has 0 radical (unpaired) electrons. The van der Waals surface area contributed by atoms with Gasteiger partial charge in [-0.25, -0.2) is 4.39 Å². The summed E-state index contributed by atoms with van der Waals surface area (Å²) in [6.45, 7) is 6.21. The molecule has 0 bridgehead atoms. The zero-order chi connectivity index (χ0) is 20.0. The molecule has 0 N–H and O–H groups in total. The van der Waals surface area contributed by atoms with Crippen LogP contribution in [0.5, 0.6) is 5.75 Å². The maximum absolute atomic E-state index is 14.0. The van der Waals surface area contributed by atoms with Crippen molar-refractivity contribution in [3.63, 3.8) is 0 Å². The number of halogens is 1. The molecule has 2 aromatic rings. The minimum Gasteiger partial charge on any atom is -0.382 e. The molecule has 5 nitrogen and oxygen atoms in total. The molecule has 0 aliphatic heterocycles. The molecule has 2 aromatic carbocycles. The van der Waals surface area contributed by atoms with Crippen LogP contribution < -0.4 is 4.18 Å². The predicted octanol–water partition coefficient (Wildman–Crippen LogP) is 3.85. The van der Waals surface area contributed by atoms with Gasteiger partial charge >= 0.3 is 10.1 Å². The van der Waals surface area contributed by atoms with Crippen LogP contribution in [0.4, 0.5) is 4.39 Å². The van der Waals surface area contributed by atoms with Crippen LogP contribution in [0.25, 0.3) is 0 Å². The molecule has 2 rings (SSSR count). The molecule has 0 saturated carbocycles. The lowest BCUT2D eigenvalue weighted by atomic mass is 10.1. The molecule has 7 heteroatoms. The monoisotopic (exact) mass is 393 g/mol. The molecule has 0 aliphatic carbocycles. The highest BCUT2D eigenvalue weighted by Gasteiger charge is 2.20. The molecule has 0 aliphatic rings. The Balaban J connectivity index is 2.19. The fraction of sp³-hybridized carbons (Fsp3) is 0.350. The second-order valence-corrected chi connectivity index (χ2v) is 8.49. The Hall–Kier alpha value is -2.41. The van der Waals surface area contributed by atoms with Crippen LogP contribution in [0.2, 0.25) is 0 Å². The van der Waals surface area contributed by atoms with Gasteiger partial charge in [0.15, 0.2) is 0 Å². The Labute approximate surface area is 159 Å². The number of nitrogens with zero attached hydrogens (tertiary/aromatic N) is 1. The maximum atomic E-state index is 14.0. The van der Waals surface area contributed by atoms with Gasteiger partial charge in [0.1, 0.15) is 11.6 Å². The Kier molecular flexibility index (Phi) is 6.96. The fourth-order valence-corrected chi connectivity index (χ4v) is 3.06. The summed E-state index contributed by atoms with van der Waals surface area (Å²) in [6.07, 6.45) is 0. The summed E-state index contributed by atoms with van der Waals surface area (Å²) < 4.78 is 42.0. The smallest absolute Gasteiger partial charge is 0.308 e. The second-order valence-electron chi connectivity index (χ2n) is 6.63. The van der Waals surface area contributed by atoms with Crippen molar-refractivity contribution < 1.29 is 21.8 Å². The predicted molar refractivity (Wildman–Crippen MR) is 103 cm³/mol. The van der Waals surface area contributed by atoms with Crippen molar-refractivity contribution >= 4 is 16.0 Å². The molecule has 0 fully saturated rings.